The van der Waals surface area contributed by atoms with Crippen LogP contribution < -0.4 is 4.74 Å². The topological polar surface area (TPSA) is 83.1 Å². The van der Waals surface area contributed by atoms with Crippen LogP contribution in [0.15, 0.2) is 24.5 Å². The predicted molar refractivity (Wildman–Crippen MR) is 72.8 cm³/mol. The Bertz CT molecular complexity index is 627. The lowest BCUT2D eigenvalue weighted by molar-refractivity contribution is -0.385. The molecule has 0 spiro atoms. The molecule has 0 saturated carbocycles. The minimum absolute atomic E-state index is 0.0827. The maximum atomic E-state index is 10.9. The zero-order valence-corrected chi connectivity index (χ0v) is 11.7. The first kappa shape index (κ1) is 14.3. The summed E-state index contributed by atoms with van der Waals surface area (Å²) in [5.41, 5.74) is -0.134. The van der Waals surface area contributed by atoms with E-state index >= 15 is 0 Å². The molecule has 1 aromatic heterocycles. The smallest absolute Gasteiger partial charge is 0.311 e. The van der Waals surface area contributed by atoms with Crippen molar-refractivity contribution in [2.75, 3.05) is 0 Å². The molecule has 0 N–H and O–H groups in total. The molecular formula is C12H13ClN4O3. The Morgan fingerprint density at radius 2 is 2.25 bits per heavy atom. The first-order valence-electron chi connectivity index (χ1n) is 5.94. The Kier molecular flexibility index (Phi) is 4.19. The SMILES string of the molecule is CC(C)n1ncnc1COc1cc(Cl)ccc1[N+](=O)[O-]. The maximum absolute atomic E-state index is 10.9. The van der Waals surface area contributed by atoms with Crippen LogP contribution in [0, 0.1) is 10.1 Å². The monoisotopic (exact) mass is 296 g/mol. The summed E-state index contributed by atoms with van der Waals surface area (Å²) in [6.07, 6.45) is 1.42. The number of nitro benzene ring substituents is 1. The van der Waals surface area contributed by atoms with Crippen LogP contribution >= 0.6 is 11.6 Å². The van der Waals surface area contributed by atoms with E-state index in [0.717, 1.165) is 0 Å². The van der Waals surface area contributed by atoms with Gasteiger partial charge in [0.25, 0.3) is 0 Å². The van der Waals surface area contributed by atoms with Gasteiger partial charge in [0, 0.05) is 23.2 Å². The molecule has 0 aliphatic carbocycles. The third-order valence-corrected chi connectivity index (χ3v) is 2.85. The van der Waals surface area contributed by atoms with Gasteiger partial charge in [-0.05, 0) is 19.9 Å². The van der Waals surface area contributed by atoms with Crippen molar-refractivity contribution in [2.45, 2.75) is 26.5 Å². The normalized spacial score (nSPS) is 10.8. The molecule has 0 amide bonds. The third kappa shape index (κ3) is 3.05. The lowest BCUT2D eigenvalue weighted by Crippen LogP contribution is -2.11. The van der Waals surface area contributed by atoms with Crippen molar-refractivity contribution in [3.63, 3.8) is 0 Å². The van der Waals surface area contributed by atoms with Gasteiger partial charge in [0.2, 0.25) is 0 Å². The highest BCUT2D eigenvalue weighted by molar-refractivity contribution is 6.30. The molecule has 0 atom stereocenters. The van der Waals surface area contributed by atoms with Crippen LogP contribution in [0.4, 0.5) is 5.69 Å². The van der Waals surface area contributed by atoms with Crippen molar-refractivity contribution >= 4 is 17.3 Å². The van der Waals surface area contributed by atoms with Crippen molar-refractivity contribution in [1.82, 2.24) is 14.8 Å². The molecule has 8 heteroatoms. The van der Waals surface area contributed by atoms with Crippen LogP contribution in [0.3, 0.4) is 0 Å². The molecule has 0 aliphatic rings. The van der Waals surface area contributed by atoms with Crippen LogP contribution in [0.2, 0.25) is 5.02 Å². The van der Waals surface area contributed by atoms with Crippen LogP contribution in [-0.2, 0) is 6.61 Å². The van der Waals surface area contributed by atoms with Gasteiger partial charge in [-0.2, -0.15) is 5.10 Å². The summed E-state index contributed by atoms with van der Waals surface area (Å²) >= 11 is 5.83. The zero-order chi connectivity index (χ0) is 14.7. The lowest BCUT2D eigenvalue weighted by Gasteiger charge is -2.10. The van der Waals surface area contributed by atoms with E-state index in [4.69, 9.17) is 16.3 Å². The van der Waals surface area contributed by atoms with Gasteiger partial charge in [0.1, 0.15) is 12.9 Å². The fourth-order valence-electron chi connectivity index (χ4n) is 1.71. The first-order valence-corrected chi connectivity index (χ1v) is 6.32. The summed E-state index contributed by atoms with van der Waals surface area (Å²) in [5.74, 6) is 0.704. The maximum Gasteiger partial charge on any atom is 0.311 e. The zero-order valence-electron chi connectivity index (χ0n) is 11.0. The number of hydrogen-bond donors (Lipinski definition) is 0. The number of aromatic nitrogens is 3. The number of ether oxygens (including phenoxy) is 1. The summed E-state index contributed by atoms with van der Waals surface area (Å²) in [6, 6.07) is 4.30. The van der Waals surface area contributed by atoms with Gasteiger partial charge < -0.3 is 4.74 Å². The van der Waals surface area contributed by atoms with E-state index in [0.29, 0.717) is 10.8 Å². The summed E-state index contributed by atoms with van der Waals surface area (Å²) in [6.45, 7) is 4.00. The van der Waals surface area contributed by atoms with E-state index in [1.54, 1.807) is 4.68 Å². The Balaban J connectivity index is 2.20. The Labute approximate surface area is 120 Å². The highest BCUT2D eigenvalue weighted by Crippen LogP contribution is 2.30. The van der Waals surface area contributed by atoms with E-state index in [9.17, 15) is 10.1 Å². The highest BCUT2D eigenvalue weighted by atomic mass is 35.5. The minimum atomic E-state index is -0.515. The number of halogens is 1. The molecule has 7 nitrogen and oxygen atoms in total. The second kappa shape index (κ2) is 5.87. The van der Waals surface area contributed by atoms with Crippen LogP contribution in [0.25, 0.3) is 0 Å². The van der Waals surface area contributed by atoms with Crippen molar-refractivity contribution < 1.29 is 9.66 Å². The molecule has 0 unspecified atom stereocenters. The molecule has 20 heavy (non-hydrogen) atoms. The average molecular weight is 297 g/mol. The average Bonchev–Trinajstić information content (AvgIpc) is 2.84. The molecule has 0 fully saturated rings. The summed E-state index contributed by atoms with van der Waals surface area (Å²) in [4.78, 5) is 14.5. The number of rotatable bonds is 5. The van der Waals surface area contributed by atoms with Crippen molar-refractivity contribution in [3.8, 4) is 5.75 Å². The highest BCUT2D eigenvalue weighted by Gasteiger charge is 2.17. The molecule has 2 aromatic rings. The third-order valence-electron chi connectivity index (χ3n) is 2.61. The second-order valence-corrected chi connectivity index (χ2v) is 4.81. The van der Waals surface area contributed by atoms with Gasteiger partial charge in [0.15, 0.2) is 11.6 Å². The quantitative estimate of drug-likeness (QED) is 0.625. The largest absolute Gasteiger partial charge is 0.479 e. The van der Waals surface area contributed by atoms with Gasteiger partial charge in [-0.25, -0.2) is 9.67 Å². The van der Waals surface area contributed by atoms with Gasteiger partial charge in [-0.15, -0.1) is 0 Å². The number of hydrogen-bond acceptors (Lipinski definition) is 5. The van der Waals surface area contributed by atoms with Crippen molar-refractivity contribution in [2.24, 2.45) is 0 Å². The van der Waals surface area contributed by atoms with Gasteiger partial charge in [-0.1, -0.05) is 11.6 Å². The summed E-state index contributed by atoms with van der Waals surface area (Å²) in [7, 11) is 0. The van der Waals surface area contributed by atoms with E-state index in [2.05, 4.69) is 10.1 Å². The van der Waals surface area contributed by atoms with Crippen LogP contribution in [-0.4, -0.2) is 19.7 Å². The van der Waals surface area contributed by atoms with E-state index in [1.807, 2.05) is 13.8 Å². The van der Waals surface area contributed by atoms with Gasteiger partial charge in [0.05, 0.1) is 4.92 Å². The van der Waals surface area contributed by atoms with Crippen molar-refractivity contribution in [3.05, 3.63) is 45.5 Å². The molecule has 106 valence electrons. The standard InChI is InChI=1S/C12H13ClN4O3/c1-8(2)16-12(14-7-15-16)6-20-11-5-9(13)3-4-10(11)17(18)19/h3-5,7-8H,6H2,1-2H3. The lowest BCUT2D eigenvalue weighted by atomic mass is 10.3. The minimum Gasteiger partial charge on any atom is -0.479 e. The first-order chi connectivity index (χ1) is 9.49. The Hall–Kier alpha value is -2.15. The van der Waals surface area contributed by atoms with Crippen LogP contribution in [0.5, 0.6) is 5.75 Å². The van der Waals surface area contributed by atoms with Gasteiger partial charge >= 0.3 is 5.69 Å². The fourth-order valence-corrected chi connectivity index (χ4v) is 1.87. The molecule has 1 heterocycles. The van der Waals surface area contributed by atoms with Crippen LogP contribution in [0.1, 0.15) is 25.7 Å². The molecule has 2 rings (SSSR count). The number of nitro groups is 1. The summed E-state index contributed by atoms with van der Waals surface area (Å²) in [5, 5.41) is 15.4. The molecule has 0 aliphatic heterocycles. The molecular weight excluding hydrogens is 284 g/mol. The molecule has 1 aromatic carbocycles. The van der Waals surface area contributed by atoms with E-state index in [1.165, 1.54) is 24.5 Å². The molecule has 0 bridgehead atoms. The van der Waals surface area contributed by atoms with Crippen molar-refractivity contribution in [1.29, 1.82) is 0 Å². The molecule has 0 radical (unpaired) electrons. The van der Waals surface area contributed by atoms with E-state index < -0.39 is 4.92 Å². The number of nitrogens with zero attached hydrogens (tertiary/aromatic N) is 4. The Morgan fingerprint density at radius 3 is 2.90 bits per heavy atom. The van der Waals surface area contributed by atoms with E-state index in [-0.39, 0.29) is 24.1 Å². The second-order valence-electron chi connectivity index (χ2n) is 4.37. The number of benzene rings is 1. The molecule has 0 saturated heterocycles. The summed E-state index contributed by atoms with van der Waals surface area (Å²) < 4.78 is 7.16. The Morgan fingerprint density at radius 1 is 1.50 bits per heavy atom. The van der Waals surface area contributed by atoms with Gasteiger partial charge in [-0.3, -0.25) is 10.1 Å². The predicted octanol–water partition coefficient (Wildman–Crippen LogP) is 3.00. The fraction of sp³-hybridized carbons (Fsp3) is 0.333.